The van der Waals surface area contributed by atoms with E-state index in [-0.39, 0.29) is 6.10 Å². The molecule has 0 aromatic heterocycles. The van der Waals surface area contributed by atoms with Crippen LogP contribution in [0, 0.1) is 6.92 Å². The van der Waals surface area contributed by atoms with Crippen molar-refractivity contribution in [1.29, 1.82) is 0 Å². The van der Waals surface area contributed by atoms with Crippen LogP contribution in [0.3, 0.4) is 0 Å². The van der Waals surface area contributed by atoms with Gasteiger partial charge in [0.05, 0.1) is 6.10 Å². The van der Waals surface area contributed by atoms with Gasteiger partial charge in [0.25, 0.3) is 0 Å². The molecule has 2 heteroatoms. The monoisotopic (exact) mass is 198 g/mol. The highest BCUT2D eigenvalue weighted by atomic mass is 35.5. The second kappa shape index (κ2) is 4.64. The van der Waals surface area contributed by atoms with Gasteiger partial charge in [0, 0.05) is 5.02 Å². The maximum atomic E-state index is 9.47. The fourth-order valence-corrected chi connectivity index (χ4v) is 1.51. The molecule has 0 saturated heterocycles. The molecule has 72 valence electrons. The summed E-state index contributed by atoms with van der Waals surface area (Å²) in [5.74, 6) is 0. The Morgan fingerprint density at radius 2 is 2.15 bits per heavy atom. The van der Waals surface area contributed by atoms with Crippen LogP contribution >= 0.6 is 11.6 Å². The molecule has 0 aliphatic heterocycles. The van der Waals surface area contributed by atoms with E-state index in [1.165, 1.54) is 5.56 Å². The molecule has 0 aliphatic rings. The van der Waals surface area contributed by atoms with E-state index in [4.69, 9.17) is 11.6 Å². The van der Waals surface area contributed by atoms with Crippen molar-refractivity contribution in [2.24, 2.45) is 0 Å². The van der Waals surface area contributed by atoms with Gasteiger partial charge in [-0.25, -0.2) is 0 Å². The van der Waals surface area contributed by atoms with Gasteiger partial charge in [0.15, 0.2) is 0 Å². The second-order valence-corrected chi connectivity index (χ2v) is 3.77. The molecule has 0 amide bonds. The summed E-state index contributed by atoms with van der Waals surface area (Å²) >= 11 is 5.82. The molecule has 0 heterocycles. The maximum Gasteiger partial charge on any atom is 0.0578 e. The van der Waals surface area contributed by atoms with Crippen LogP contribution in [0.15, 0.2) is 18.2 Å². The molecule has 0 radical (unpaired) electrons. The predicted octanol–water partition coefficient (Wildman–Crippen LogP) is 2.96. The Balaban J connectivity index is 2.77. The second-order valence-electron chi connectivity index (χ2n) is 3.34. The van der Waals surface area contributed by atoms with E-state index < -0.39 is 0 Å². The van der Waals surface area contributed by atoms with E-state index in [9.17, 15) is 5.11 Å². The Hall–Kier alpha value is -0.530. The minimum absolute atomic E-state index is 0.236. The lowest BCUT2D eigenvalue weighted by Gasteiger charge is -2.10. The van der Waals surface area contributed by atoms with E-state index in [0.29, 0.717) is 0 Å². The Kier molecular flexibility index (Phi) is 3.76. The smallest absolute Gasteiger partial charge is 0.0578 e. The van der Waals surface area contributed by atoms with Crippen LogP contribution in [0.25, 0.3) is 0 Å². The third kappa shape index (κ3) is 3.02. The Labute approximate surface area is 84.4 Å². The highest BCUT2D eigenvalue weighted by Crippen LogP contribution is 2.17. The number of aryl methyl sites for hydroxylation is 1. The average Bonchev–Trinajstić information content (AvgIpc) is 2.09. The quantitative estimate of drug-likeness (QED) is 0.792. The zero-order chi connectivity index (χ0) is 9.84. The molecule has 0 bridgehead atoms. The van der Waals surface area contributed by atoms with Gasteiger partial charge < -0.3 is 5.11 Å². The lowest BCUT2D eigenvalue weighted by molar-refractivity contribution is 0.170. The minimum atomic E-state index is -0.236. The van der Waals surface area contributed by atoms with E-state index >= 15 is 0 Å². The first-order valence-corrected chi connectivity index (χ1v) is 4.94. The van der Waals surface area contributed by atoms with Gasteiger partial charge >= 0.3 is 0 Å². The summed E-state index contributed by atoms with van der Waals surface area (Å²) in [7, 11) is 0. The third-order valence-electron chi connectivity index (χ3n) is 2.23. The number of aliphatic hydroxyl groups excluding tert-OH is 1. The van der Waals surface area contributed by atoms with Crippen LogP contribution in [0.4, 0.5) is 0 Å². The van der Waals surface area contributed by atoms with Gasteiger partial charge in [-0.15, -0.1) is 0 Å². The zero-order valence-electron chi connectivity index (χ0n) is 8.05. The first-order chi connectivity index (χ1) is 6.13. The summed E-state index contributed by atoms with van der Waals surface area (Å²) in [5.41, 5.74) is 2.33. The highest BCUT2D eigenvalue weighted by molar-refractivity contribution is 6.30. The van der Waals surface area contributed by atoms with Crippen molar-refractivity contribution in [3.8, 4) is 0 Å². The lowest BCUT2D eigenvalue weighted by atomic mass is 10.0. The molecule has 0 fully saturated rings. The van der Waals surface area contributed by atoms with Crippen molar-refractivity contribution in [3.63, 3.8) is 0 Å². The molecule has 1 aromatic carbocycles. The van der Waals surface area contributed by atoms with Gasteiger partial charge in [-0.3, -0.25) is 0 Å². The molecule has 13 heavy (non-hydrogen) atoms. The molecule has 1 rings (SSSR count). The standard InChI is InChI=1S/C11H15ClO/c1-3-11(13)7-9-4-5-10(12)6-8(9)2/h4-6,11,13H,3,7H2,1-2H3/t11-/m0/s1. The van der Waals surface area contributed by atoms with Gasteiger partial charge in [-0.1, -0.05) is 24.6 Å². The van der Waals surface area contributed by atoms with Crippen molar-refractivity contribution in [1.82, 2.24) is 0 Å². The molecular formula is C11H15ClO. The molecule has 0 unspecified atom stereocenters. The van der Waals surface area contributed by atoms with Gasteiger partial charge in [0.2, 0.25) is 0 Å². The summed E-state index contributed by atoms with van der Waals surface area (Å²) in [6, 6.07) is 5.78. The molecule has 1 atom stereocenters. The van der Waals surface area contributed by atoms with Gasteiger partial charge in [0.1, 0.15) is 0 Å². The minimum Gasteiger partial charge on any atom is -0.393 e. The van der Waals surface area contributed by atoms with Crippen molar-refractivity contribution in [2.45, 2.75) is 32.8 Å². The predicted molar refractivity (Wildman–Crippen MR) is 56.2 cm³/mol. The van der Waals surface area contributed by atoms with Crippen LogP contribution in [-0.2, 0) is 6.42 Å². The summed E-state index contributed by atoms with van der Waals surface area (Å²) in [6.45, 7) is 4.00. The summed E-state index contributed by atoms with van der Waals surface area (Å²) in [4.78, 5) is 0. The number of hydrogen-bond donors (Lipinski definition) is 1. The van der Waals surface area contributed by atoms with Crippen molar-refractivity contribution in [2.75, 3.05) is 0 Å². The summed E-state index contributed by atoms with van der Waals surface area (Å²) < 4.78 is 0. The fourth-order valence-electron chi connectivity index (χ4n) is 1.29. The first kappa shape index (κ1) is 10.6. The Bertz CT molecular complexity index is 283. The maximum absolute atomic E-state index is 9.47. The fraction of sp³-hybridized carbons (Fsp3) is 0.455. The van der Waals surface area contributed by atoms with Crippen LogP contribution < -0.4 is 0 Å². The normalized spacial score (nSPS) is 12.9. The van der Waals surface area contributed by atoms with Crippen molar-refractivity contribution < 1.29 is 5.11 Å². The topological polar surface area (TPSA) is 20.2 Å². The summed E-state index contributed by atoms with van der Waals surface area (Å²) in [6.07, 6.45) is 1.28. The Morgan fingerprint density at radius 1 is 1.46 bits per heavy atom. The van der Waals surface area contributed by atoms with Gasteiger partial charge in [-0.05, 0) is 43.0 Å². The zero-order valence-corrected chi connectivity index (χ0v) is 8.80. The number of rotatable bonds is 3. The van der Waals surface area contributed by atoms with Crippen molar-refractivity contribution >= 4 is 11.6 Å². The SMILES string of the molecule is CC[C@H](O)Cc1ccc(Cl)cc1C. The molecular weight excluding hydrogens is 184 g/mol. The molecule has 1 nitrogen and oxygen atoms in total. The van der Waals surface area contributed by atoms with E-state index in [0.717, 1.165) is 23.4 Å². The van der Waals surface area contributed by atoms with Crippen molar-refractivity contribution in [3.05, 3.63) is 34.3 Å². The molecule has 0 spiro atoms. The number of halogens is 1. The molecule has 0 aliphatic carbocycles. The largest absolute Gasteiger partial charge is 0.393 e. The average molecular weight is 199 g/mol. The third-order valence-corrected chi connectivity index (χ3v) is 2.47. The van der Waals surface area contributed by atoms with Crippen LogP contribution in [0.2, 0.25) is 5.02 Å². The van der Waals surface area contributed by atoms with E-state index in [1.54, 1.807) is 0 Å². The van der Waals surface area contributed by atoms with E-state index in [2.05, 4.69) is 0 Å². The summed E-state index contributed by atoms with van der Waals surface area (Å²) in [5, 5.41) is 10.2. The first-order valence-electron chi connectivity index (χ1n) is 4.56. The molecule has 1 N–H and O–H groups in total. The number of aliphatic hydroxyl groups is 1. The van der Waals surface area contributed by atoms with Gasteiger partial charge in [-0.2, -0.15) is 0 Å². The van der Waals surface area contributed by atoms with Crippen LogP contribution in [0.5, 0.6) is 0 Å². The Morgan fingerprint density at radius 3 is 2.69 bits per heavy atom. The van der Waals surface area contributed by atoms with Crippen LogP contribution in [0.1, 0.15) is 24.5 Å². The number of benzene rings is 1. The number of hydrogen-bond acceptors (Lipinski definition) is 1. The lowest BCUT2D eigenvalue weighted by Crippen LogP contribution is -2.09. The molecule has 1 aromatic rings. The molecule has 0 saturated carbocycles. The highest BCUT2D eigenvalue weighted by Gasteiger charge is 2.05. The van der Waals surface area contributed by atoms with E-state index in [1.807, 2.05) is 32.0 Å². The van der Waals surface area contributed by atoms with Crippen LogP contribution in [-0.4, -0.2) is 11.2 Å².